The van der Waals surface area contributed by atoms with Crippen molar-refractivity contribution in [2.24, 2.45) is 5.73 Å². The van der Waals surface area contributed by atoms with Crippen LogP contribution in [0.3, 0.4) is 0 Å². The number of carbonyl (C=O) groups excluding carboxylic acids is 1. The van der Waals surface area contributed by atoms with E-state index in [1.54, 1.807) is 0 Å². The summed E-state index contributed by atoms with van der Waals surface area (Å²) in [7, 11) is 0. The molecule has 5 nitrogen and oxygen atoms in total. The van der Waals surface area contributed by atoms with Crippen molar-refractivity contribution in [1.29, 1.82) is 0 Å². The number of carboxylic acids is 1. The molecule has 0 spiro atoms. The highest BCUT2D eigenvalue weighted by Crippen LogP contribution is 1.98. The number of nitrogens with two attached hydrogens (primary N) is 1. The molecule has 0 aromatic carbocycles. The van der Waals surface area contributed by atoms with Crippen LogP contribution >= 0.6 is 0 Å². The zero-order valence-corrected chi connectivity index (χ0v) is 7.91. The Bertz CT molecular complexity index is 192. The molecule has 0 aliphatic carbocycles. The third-order valence-electron chi connectivity index (χ3n) is 1.51. The highest BCUT2D eigenvalue weighted by molar-refractivity contribution is 5.77. The predicted octanol–water partition coefficient (Wildman–Crippen LogP) is -0.297. The van der Waals surface area contributed by atoms with Crippen LogP contribution in [0.4, 0.5) is 0 Å². The van der Waals surface area contributed by atoms with Gasteiger partial charge in [0.1, 0.15) is 6.04 Å². The first-order valence-electron chi connectivity index (χ1n) is 4.20. The van der Waals surface area contributed by atoms with E-state index in [0.29, 0.717) is 0 Å². The Kier molecular flexibility index (Phi) is 5.06. The summed E-state index contributed by atoms with van der Waals surface area (Å²) in [6.45, 7) is 3.69. The van der Waals surface area contributed by atoms with Gasteiger partial charge < -0.3 is 16.2 Å². The van der Waals surface area contributed by atoms with E-state index >= 15 is 0 Å². The zero-order chi connectivity index (χ0) is 10.4. The Hall–Kier alpha value is -1.10. The summed E-state index contributed by atoms with van der Waals surface area (Å²) in [5.74, 6) is -1.42. The van der Waals surface area contributed by atoms with Gasteiger partial charge in [0.15, 0.2) is 0 Å². The first-order chi connectivity index (χ1) is 5.93. The second kappa shape index (κ2) is 5.53. The molecule has 0 saturated carbocycles. The van der Waals surface area contributed by atoms with Crippen molar-refractivity contribution in [1.82, 2.24) is 5.32 Å². The highest BCUT2D eigenvalue weighted by atomic mass is 16.4. The highest BCUT2D eigenvalue weighted by Gasteiger charge is 2.18. The maximum atomic E-state index is 10.6. The first kappa shape index (κ1) is 11.9. The molecule has 0 rings (SSSR count). The minimum absolute atomic E-state index is 0.0778. The van der Waals surface area contributed by atoms with Gasteiger partial charge in [-0.05, 0) is 6.42 Å². The van der Waals surface area contributed by atoms with Crippen LogP contribution in [0.1, 0.15) is 26.7 Å². The molecule has 76 valence electrons. The quantitative estimate of drug-likeness (QED) is 0.533. The number of aliphatic carboxylic acids is 1. The molecule has 0 bridgehead atoms. The zero-order valence-electron chi connectivity index (χ0n) is 7.91. The second-order valence-corrected chi connectivity index (χ2v) is 3.22. The molecular formula is C8H16N2O3. The van der Waals surface area contributed by atoms with Crippen molar-refractivity contribution >= 4 is 11.9 Å². The molecule has 1 amide bonds. The molecule has 1 atom stereocenters. The average Bonchev–Trinajstić information content (AvgIpc) is 1.96. The summed E-state index contributed by atoms with van der Waals surface area (Å²) in [6.07, 6.45) is 0.333. The van der Waals surface area contributed by atoms with E-state index in [0.717, 1.165) is 0 Å². The second-order valence-electron chi connectivity index (χ2n) is 3.22. The molecule has 0 saturated heterocycles. The van der Waals surface area contributed by atoms with E-state index < -0.39 is 17.9 Å². The largest absolute Gasteiger partial charge is 0.480 e. The summed E-state index contributed by atoms with van der Waals surface area (Å²) in [4.78, 5) is 21.0. The number of rotatable bonds is 6. The normalized spacial score (nSPS) is 12.8. The van der Waals surface area contributed by atoms with Crippen molar-refractivity contribution in [3.05, 3.63) is 0 Å². The van der Waals surface area contributed by atoms with Crippen molar-refractivity contribution < 1.29 is 14.7 Å². The number of carbonyl (C=O) groups is 2. The summed E-state index contributed by atoms with van der Waals surface area (Å²) in [6, 6.07) is -0.610. The number of hydrogen-bond acceptors (Lipinski definition) is 3. The molecule has 0 aliphatic heterocycles. The predicted molar refractivity (Wildman–Crippen MR) is 48.1 cm³/mol. The molecule has 0 heterocycles. The fraction of sp³-hybridized carbons (Fsp3) is 0.750. The van der Waals surface area contributed by atoms with Crippen molar-refractivity contribution in [2.75, 3.05) is 0 Å². The van der Waals surface area contributed by atoms with Gasteiger partial charge in [0, 0.05) is 12.5 Å². The molecule has 5 heteroatoms. The van der Waals surface area contributed by atoms with Crippen molar-refractivity contribution in [3.8, 4) is 0 Å². The van der Waals surface area contributed by atoms with Gasteiger partial charge >= 0.3 is 5.97 Å². The van der Waals surface area contributed by atoms with Gasteiger partial charge in [-0.2, -0.15) is 0 Å². The maximum Gasteiger partial charge on any atom is 0.320 e. The van der Waals surface area contributed by atoms with Gasteiger partial charge in [0.05, 0.1) is 0 Å². The van der Waals surface area contributed by atoms with Gasteiger partial charge in [-0.3, -0.25) is 9.59 Å². The van der Waals surface area contributed by atoms with Gasteiger partial charge in [-0.25, -0.2) is 0 Å². The number of carboxylic acid groups (broad SMARTS) is 1. The Morgan fingerprint density at radius 3 is 2.31 bits per heavy atom. The van der Waals surface area contributed by atoms with Crippen LogP contribution in [0.15, 0.2) is 0 Å². The smallest absolute Gasteiger partial charge is 0.320 e. The Morgan fingerprint density at radius 1 is 1.46 bits per heavy atom. The lowest BCUT2D eigenvalue weighted by Crippen LogP contribution is -2.41. The summed E-state index contributed by atoms with van der Waals surface area (Å²) in [5.41, 5.74) is 4.91. The molecular weight excluding hydrogens is 172 g/mol. The summed E-state index contributed by atoms with van der Waals surface area (Å²) >= 11 is 0. The third-order valence-corrected chi connectivity index (χ3v) is 1.51. The van der Waals surface area contributed by atoms with Crippen LogP contribution in [-0.2, 0) is 9.59 Å². The molecule has 0 aromatic heterocycles. The van der Waals surface area contributed by atoms with E-state index in [9.17, 15) is 9.59 Å². The minimum Gasteiger partial charge on any atom is -0.480 e. The fourth-order valence-corrected chi connectivity index (χ4v) is 0.967. The number of nitrogens with one attached hydrogen (secondary N) is 1. The van der Waals surface area contributed by atoms with Gasteiger partial charge in [0.25, 0.3) is 0 Å². The van der Waals surface area contributed by atoms with Gasteiger partial charge in [-0.1, -0.05) is 13.8 Å². The number of primary amides is 1. The van der Waals surface area contributed by atoms with Crippen LogP contribution in [0.5, 0.6) is 0 Å². The van der Waals surface area contributed by atoms with Crippen LogP contribution < -0.4 is 11.1 Å². The minimum atomic E-state index is -0.949. The lowest BCUT2D eigenvalue weighted by molar-refractivity contribution is -0.139. The van der Waals surface area contributed by atoms with Crippen LogP contribution in [0.25, 0.3) is 0 Å². The number of hydrogen-bond donors (Lipinski definition) is 3. The molecule has 4 N–H and O–H groups in total. The lowest BCUT2D eigenvalue weighted by Gasteiger charge is -2.16. The van der Waals surface area contributed by atoms with E-state index in [2.05, 4.69) is 5.32 Å². The third kappa shape index (κ3) is 6.10. The van der Waals surface area contributed by atoms with Crippen molar-refractivity contribution in [3.63, 3.8) is 0 Å². The van der Waals surface area contributed by atoms with E-state index in [-0.39, 0.29) is 18.9 Å². The fourth-order valence-electron chi connectivity index (χ4n) is 0.967. The molecule has 0 radical (unpaired) electrons. The standard InChI is InChI=1S/C8H16N2O3/c1-5(2)10-6(8(12)13)3-4-7(9)11/h5-6,10H,3-4H2,1-2H3,(H2,9,11)(H,12,13)/t6-/m0/s1. The Morgan fingerprint density at radius 2 is 2.00 bits per heavy atom. The molecule has 0 fully saturated rings. The summed E-state index contributed by atoms with van der Waals surface area (Å²) in [5, 5.41) is 11.5. The molecule has 0 unspecified atom stereocenters. The van der Waals surface area contributed by atoms with Gasteiger partial charge in [0.2, 0.25) is 5.91 Å². The van der Waals surface area contributed by atoms with E-state index in [1.165, 1.54) is 0 Å². The van der Waals surface area contributed by atoms with Crippen molar-refractivity contribution in [2.45, 2.75) is 38.8 Å². The van der Waals surface area contributed by atoms with Crippen LogP contribution in [-0.4, -0.2) is 29.1 Å². The number of amides is 1. The van der Waals surface area contributed by atoms with Crippen LogP contribution in [0.2, 0.25) is 0 Å². The Labute approximate surface area is 77.3 Å². The van der Waals surface area contributed by atoms with E-state index in [4.69, 9.17) is 10.8 Å². The van der Waals surface area contributed by atoms with E-state index in [1.807, 2.05) is 13.8 Å². The summed E-state index contributed by atoms with van der Waals surface area (Å²) < 4.78 is 0. The van der Waals surface area contributed by atoms with Crippen LogP contribution in [0, 0.1) is 0 Å². The maximum absolute atomic E-state index is 10.6. The first-order valence-corrected chi connectivity index (χ1v) is 4.20. The lowest BCUT2D eigenvalue weighted by atomic mass is 10.1. The molecule has 0 aliphatic rings. The molecule has 13 heavy (non-hydrogen) atoms. The average molecular weight is 188 g/mol. The topological polar surface area (TPSA) is 92.4 Å². The SMILES string of the molecule is CC(C)N[C@@H](CCC(N)=O)C(=O)O. The Balaban J connectivity index is 3.95. The van der Waals surface area contributed by atoms with Gasteiger partial charge in [-0.15, -0.1) is 0 Å². The monoisotopic (exact) mass is 188 g/mol. The molecule has 0 aromatic rings.